The lowest BCUT2D eigenvalue weighted by Crippen LogP contribution is -2.43. The molecule has 2 heterocycles. The number of hydrogen-bond donors (Lipinski definition) is 1. The number of fused-ring (bicyclic) bond motifs is 1. The van der Waals surface area contributed by atoms with Crippen molar-refractivity contribution in [2.45, 2.75) is 25.3 Å². The first-order valence-electron chi connectivity index (χ1n) is 6.27. The van der Waals surface area contributed by atoms with E-state index in [1.807, 2.05) is 0 Å². The summed E-state index contributed by atoms with van der Waals surface area (Å²) in [6.45, 7) is 0.519. The number of carbonyl (C=O) groups excluding carboxylic acids is 2. The lowest BCUT2D eigenvalue weighted by Gasteiger charge is -2.26. The third-order valence-electron chi connectivity index (χ3n) is 3.93. The van der Waals surface area contributed by atoms with Crippen molar-refractivity contribution in [2.75, 3.05) is 6.54 Å². The van der Waals surface area contributed by atoms with Crippen molar-refractivity contribution in [1.29, 1.82) is 0 Å². The van der Waals surface area contributed by atoms with Crippen LogP contribution in [0.2, 0.25) is 0 Å². The summed E-state index contributed by atoms with van der Waals surface area (Å²) >= 11 is 0. The van der Waals surface area contributed by atoms with Crippen molar-refractivity contribution < 1.29 is 9.59 Å². The molecular formula is C13H15N3O2. The van der Waals surface area contributed by atoms with Gasteiger partial charge in [0.2, 0.25) is 0 Å². The summed E-state index contributed by atoms with van der Waals surface area (Å²) < 4.78 is 0. The van der Waals surface area contributed by atoms with Crippen molar-refractivity contribution in [2.24, 2.45) is 11.7 Å². The maximum atomic E-state index is 12.3. The van der Waals surface area contributed by atoms with Gasteiger partial charge in [0.1, 0.15) is 5.69 Å². The molecule has 1 fully saturated rings. The van der Waals surface area contributed by atoms with Gasteiger partial charge in [-0.2, -0.15) is 0 Å². The summed E-state index contributed by atoms with van der Waals surface area (Å²) in [7, 11) is 0. The number of pyridine rings is 1. The van der Waals surface area contributed by atoms with Crippen LogP contribution in [0.4, 0.5) is 0 Å². The molecule has 2 aliphatic rings. The van der Waals surface area contributed by atoms with Gasteiger partial charge < -0.3 is 5.73 Å². The van der Waals surface area contributed by atoms with E-state index in [-0.39, 0.29) is 29.5 Å². The van der Waals surface area contributed by atoms with Crippen LogP contribution in [-0.2, 0) is 0 Å². The zero-order chi connectivity index (χ0) is 12.7. The Kier molecular flexibility index (Phi) is 2.63. The Morgan fingerprint density at radius 3 is 2.89 bits per heavy atom. The Labute approximate surface area is 105 Å². The smallest absolute Gasteiger partial charge is 0.280 e. The van der Waals surface area contributed by atoms with Crippen molar-refractivity contribution in [3.63, 3.8) is 0 Å². The van der Waals surface area contributed by atoms with Gasteiger partial charge >= 0.3 is 0 Å². The van der Waals surface area contributed by atoms with Gasteiger partial charge in [0.05, 0.1) is 5.56 Å². The highest BCUT2D eigenvalue weighted by Crippen LogP contribution is 2.34. The quantitative estimate of drug-likeness (QED) is 0.782. The summed E-state index contributed by atoms with van der Waals surface area (Å²) in [6.07, 6.45) is 4.41. The molecular weight excluding hydrogens is 230 g/mol. The lowest BCUT2D eigenvalue weighted by atomic mass is 10.0. The fraction of sp³-hybridized carbons (Fsp3) is 0.462. The van der Waals surface area contributed by atoms with E-state index in [0.717, 1.165) is 19.3 Å². The Hall–Kier alpha value is -1.75. The minimum Gasteiger partial charge on any atom is -0.330 e. The second kappa shape index (κ2) is 4.17. The average Bonchev–Trinajstić information content (AvgIpc) is 2.95. The second-order valence-electron chi connectivity index (χ2n) is 4.87. The average molecular weight is 245 g/mol. The van der Waals surface area contributed by atoms with Gasteiger partial charge in [-0.05, 0) is 37.4 Å². The minimum absolute atomic E-state index is 0.0517. The van der Waals surface area contributed by atoms with E-state index in [9.17, 15) is 9.59 Å². The molecule has 1 aliphatic heterocycles. The number of nitrogens with zero attached hydrogens (tertiary/aromatic N) is 2. The van der Waals surface area contributed by atoms with E-state index in [4.69, 9.17) is 5.73 Å². The van der Waals surface area contributed by atoms with Crippen LogP contribution >= 0.6 is 0 Å². The third-order valence-corrected chi connectivity index (χ3v) is 3.93. The molecule has 2 atom stereocenters. The molecule has 0 saturated heterocycles. The predicted octanol–water partition coefficient (Wildman–Crippen LogP) is 0.805. The van der Waals surface area contributed by atoms with Gasteiger partial charge in [-0.3, -0.25) is 19.5 Å². The van der Waals surface area contributed by atoms with Crippen LogP contribution in [-0.4, -0.2) is 34.3 Å². The number of aromatic nitrogens is 1. The molecule has 5 nitrogen and oxygen atoms in total. The molecule has 1 saturated carbocycles. The number of amides is 2. The van der Waals surface area contributed by atoms with E-state index in [1.165, 1.54) is 4.90 Å². The Balaban J connectivity index is 1.97. The Morgan fingerprint density at radius 2 is 2.17 bits per heavy atom. The number of imide groups is 1. The van der Waals surface area contributed by atoms with E-state index in [2.05, 4.69) is 4.98 Å². The fourth-order valence-corrected chi connectivity index (χ4v) is 3.02. The van der Waals surface area contributed by atoms with Crippen LogP contribution in [0.3, 0.4) is 0 Å². The highest BCUT2D eigenvalue weighted by atomic mass is 16.2. The van der Waals surface area contributed by atoms with Crippen LogP contribution in [0.25, 0.3) is 0 Å². The SMILES string of the molecule is NCC1CCCC1N1C(=O)c2cccnc2C1=O. The molecule has 2 N–H and O–H groups in total. The summed E-state index contributed by atoms with van der Waals surface area (Å²) in [6, 6.07) is 3.29. The highest BCUT2D eigenvalue weighted by molar-refractivity contribution is 6.20. The maximum Gasteiger partial charge on any atom is 0.280 e. The number of nitrogens with two attached hydrogens (primary N) is 1. The van der Waals surface area contributed by atoms with Crippen LogP contribution in [0.1, 0.15) is 40.1 Å². The van der Waals surface area contributed by atoms with Gasteiger partial charge in [0.25, 0.3) is 11.8 Å². The van der Waals surface area contributed by atoms with E-state index in [0.29, 0.717) is 12.1 Å². The zero-order valence-corrected chi connectivity index (χ0v) is 10.0. The van der Waals surface area contributed by atoms with E-state index in [1.54, 1.807) is 18.3 Å². The first-order chi connectivity index (χ1) is 8.74. The molecule has 1 aromatic rings. The van der Waals surface area contributed by atoms with Crippen molar-refractivity contribution in [1.82, 2.24) is 9.88 Å². The Morgan fingerprint density at radius 1 is 1.33 bits per heavy atom. The van der Waals surface area contributed by atoms with Gasteiger partial charge in [0.15, 0.2) is 0 Å². The molecule has 94 valence electrons. The molecule has 5 heteroatoms. The van der Waals surface area contributed by atoms with Crippen LogP contribution in [0.5, 0.6) is 0 Å². The molecule has 1 aliphatic carbocycles. The van der Waals surface area contributed by atoms with Gasteiger partial charge in [-0.25, -0.2) is 0 Å². The normalized spacial score (nSPS) is 26.8. The summed E-state index contributed by atoms with van der Waals surface area (Å²) in [5, 5.41) is 0. The predicted molar refractivity (Wildman–Crippen MR) is 64.9 cm³/mol. The summed E-state index contributed by atoms with van der Waals surface area (Å²) in [5.74, 6) is -0.249. The maximum absolute atomic E-state index is 12.3. The second-order valence-corrected chi connectivity index (χ2v) is 4.87. The monoisotopic (exact) mass is 245 g/mol. The zero-order valence-electron chi connectivity index (χ0n) is 10.0. The molecule has 2 unspecified atom stereocenters. The molecule has 0 aromatic carbocycles. The lowest BCUT2D eigenvalue weighted by molar-refractivity contribution is 0.0550. The number of hydrogen-bond acceptors (Lipinski definition) is 4. The number of rotatable bonds is 2. The van der Waals surface area contributed by atoms with E-state index >= 15 is 0 Å². The topological polar surface area (TPSA) is 76.3 Å². The Bertz CT molecular complexity index is 480. The molecule has 0 bridgehead atoms. The number of carbonyl (C=O) groups is 2. The van der Waals surface area contributed by atoms with Crippen LogP contribution < -0.4 is 5.73 Å². The minimum atomic E-state index is -0.263. The standard InChI is InChI=1S/C13H15N3O2/c14-7-8-3-1-5-10(8)16-12(17)9-4-2-6-15-11(9)13(16)18/h2,4,6,8,10H,1,3,5,7,14H2. The van der Waals surface area contributed by atoms with Crippen molar-refractivity contribution in [3.05, 3.63) is 29.6 Å². The van der Waals surface area contributed by atoms with E-state index < -0.39 is 0 Å². The first kappa shape index (κ1) is 11.3. The fourth-order valence-electron chi connectivity index (χ4n) is 3.02. The van der Waals surface area contributed by atoms with Gasteiger partial charge in [0, 0.05) is 12.2 Å². The van der Waals surface area contributed by atoms with Crippen molar-refractivity contribution in [3.8, 4) is 0 Å². The van der Waals surface area contributed by atoms with Crippen LogP contribution in [0, 0.1) is 5.92 Å². The molecule has 3 rings (SSSR count). The molecule has 0 radical (unpaired) electrons. The largest absolute Gasteiger partial charge is 0.330 e. The van der Waals surface area contributed by atoms with Crippen molar-refractivity contribution >= 4 is 11.8 Å². The van der Waals surface area contributed by atoms with Gasteiger partial charge in [-0.15, -0.1) is 0 Å². The van der Waals surface area contributed by atoms with Gasteiger partial charge in [-0.1, -0.05) is 6.42 Å². The molecule has 18 heavy (non-hydrogen) atoms. The molecule has 0 spiro atoms. The molecule has 1 aromatic heterocycles. The van der Waals surface area contributed by atoms with Crippen LogP contribution in [0.15, 0.2) is 18.3 Å². The summed E-state index contributed by atoms with van der Waals surface area (Å²) in [5.41, 5.74) is 6.43. The molecule has 2 amide bonds. The first-order valence-corrected chi connectivity index (χ1v) is 6.27. The summed E-state index contributed by atoms with van der Waals surface area (Å²) in [4.78, 5) is 29.9. The highest BCUT2D eigenvalue weighted by Gasteiger charge is 2.44. The third kappa shape index (κ3) is 1.47.